The highest BCUT2D eigenvalue weighted by atomic mass is 16.1. The number of rotatable bonds is 3. The number of Topliss-reactive ketones (excluding diaryl/α,β-unsaturated/α-hetero) is 1. The van der Waals surface area contributed by atoms with Gasteiger partial charge in [0.1, 0.15) is 0 Å². The van der Waals surface area contributed by atoms with Crippen molar-refractivity contribution in [2.24, 2.45) is 0 Å². The molecule has 0 bridgehead atoms. The molecule has 0 saturated carbocycles. The zero-order valence-corrected chi connectivity index (χ0v) is 12.5. The Bertz CT molecular complexity index is 791. The van der Waals surface area contributed by atoms with E-state index in [0.717, 1.165) is 5.69 Å². The Kier molecular flexibility index (Phi) is 3.59. The van der Waals surface area contributed by atoms with E-state index in [4.69, 9.17) is 0 Å². The molecule has 0 unspecified atom stereocenters. The zero-order chi connectivity index (χ0) is 15.7. The average molecular weight is 292 g/mol. The van der Waals surface area contributed by atoms with Gasteiger partial charge in [0, 0.05) is 29.7 Å². The number of aromatic nitrogens is 1. The van der Waals surface area contributed by atoms with Crippen molar-refractivity contribution in [3.8, 4) is 0 Å². The third kappa shape index (κ3) is 2.55. The minimum atomic E-state index is -0.211. The summed E-state index contributed by atoms with van der Waals surface area (Å²) >= 11 is 0. The van der Waals surface area contributed by atoms with Gasteiger partial charge in [0.2, 0.25) is 5.78 Å². The predicted octanol–water partition coefficient (Wildman–Crippen LogP) is 3.58. The van der Waals surface area contributed by atoms with Crippen molar-refractivity contribution in [2.75, 3.05) is 5.32 Å². The highest BCUT2D eigenvalue weighted by Gasteiger charge is 2.25. The van der Waals surface area contributed by atoms with Gasteiger partial charge in [-0.05, 0) is 29.7 Å². The van der Waals surface area contributed by atoms with E-state index in [1.54, 1.807) is 6.07 Å². The summed E-state index contributed by atoms with van der Waals surface area (Å²) in [4.78, 5) is 28.5. The molecule has 0 fully saturated rings. The van der Waals surface area contributed by atoms with Crippen LogP contribution >= 0.6 is 0 Å². The van der Waals surface area contributed by atoms with Crippen LogP contribution in [0.25, 0.3) is 0 Å². The quantitative estimate of drug-likeness (QED) is 0.939. The summed E-state index contributed by atoms with van der Waals surface area (Å²) in [6, 6.07) is 9.41. The maximum Gasteiger partial charge on any atom is 0.211 e. The van der Waals surface area contributed by atoms with Gasteiger partial charge in [-0.25, -0.2) is 0 Å². The Morgan fingerprint density at radius 3 is 2.68 bits per heavy atom. The van der Waals surface area contributed by atoms with Gasteiger partial charge in [-0.1, -0.05) is 26.0 Å². The number of hydrogen-bond acceptors (Lipinski definition) is 4. The van der Waals surface area contributed by atoms with E-state index in [2.05, 4.69) is 24.1 Å². The molecule has 2 aromatic rings. The average Bonchev–Trinajstić information content (AvgIpc) is 2.52. The summed E-state index contributed by atoms with van der Waals surface area (Å²) in [6.07, 6.45) is 4.31. The summed E-state index contributed by atoms with van der Waals surface area (Å²) in [7, 11) is 0. The van der Waals surface area contributed by atoms with Crippen LogP contribution in [0.1, 0.15) is 46.0 Å². The first-order valence-electron chi connectivity index (χ1n) is 7.18. The number of benzene rings is 1. The normalized spacial score (nSPS) is 13.9. The Morgan fingerprint density at radius 2 is 1.91 bits per heavy atom. The van der Waals surface area contributed by atoms with Crippen LogP contribution in [-0.4, -0.2) is 16.6 Å². The third-order valence-corrected chi connectivity index (χ3v) is 3.68. The molecule has 1 heterocycles. The van der Waals surface area contributed by atoms with Crippen molar-refractivity contribution in [1.29, 1.82) is 0 Å². The molecular formula is C18H16N2O2. The van der Waals surface area contributed by atoms with Crippen molar-refractivity contribution in [2.45, 2.75) is 19.8 Å². The van der Waals surface area contributed by atoms with Crippen LogP contribution in [0.15, 0.2) is 54.5 Å². The number of carbonyl (C=O) groups excluding carboxylic acids is 2. The smallest absolute Gasteiger partial charge is 0.211 e. The molecule has 1 aromatic heterocycles. The molecule has 22 heavy (non-hydrogen) atoms. The number of nitrogens with one attached hydrogen (secondary N) is 1. The fraction of sp³-hybridized carbons (Fsp3) is 0.167. The highest BCUT2D eigenvalue weighted by Crippen LogP contribution is 2.24. The monoisotopic (exact) mass is 292 g/mol. The van der Waals surface area contributed by atoms with Crippen molar-refractivity contribution in [1.82, 2.24) is 4.98 Å². The van der Waals surface area contributed by atoms with Gasteiger partial charge in [-0.15, -0.1) is 0 Å². The molecule has 0 saturated heterocycles. The van der Waals surface area contributed by atoms with Crippen LogP contribution in [0, 0.1) is 0 Å². The molecular weight excluding hydrogens is 276 g/mol. The van der Waals surface area contributed by atoms with E-state index >= 15 is 0 Å². The van der Waals surface area contributed by atoms with Crippen LogP contribution in [-0.2, 0) is 0 Å². The van der Waals surface area contributed by atoms with Gasteiger partial charge in [0.25, 0.3) is 0 Å². The lowest BCUT2D eigenvalue weighted by Crippen LogP contribution is -2.21. The van der Waals surface area contributed by atoms with E-state index in [0.29, 0.717) is 17.0 Å². The Balaban J connectivity index is 1.92. The molecule has 1 aromatic carbocycles. The van der Waals surface area contributed by atoms with Crippen molar-refractivity contribution in [3.05, 3.63) is 71.2 Å². The van der Waals surface area contributed by atoms with Crippen LogP contribution < -0.4 is 5.32 Å². The molecule has 1 aliphatic rings. The van der Waals surface area contributed by atoms with Gasteiger partial charge in [-0.3, -0.25) is 14.6 Å². The Labute approximate surface area is 128 Å². The first kappa shape index (κ1) is 14.2. The van der Waals surface area contributed by atoms with Crippen molar-refractivity contribution < 1.29 is 9.59 Å². The van der Waals surface area contributed by atoms with E-state index in [9.17, 15) is 9.59 Å². The van der Waals surface area contributed by atoms with Gasteiger partial charge in [0.15, 0.2) is 5.78 Å². The molecule has 4 heteroatoms. The Hall–Kier alpha value is -2.75. The van der Waals surface area contributed by atoms with E-state index in [1.165, 1.54) is 24.0 Å². The maximum absolute atomic E-state index is 12.5. The maximum atomic E-state index is 12.5. The number of pyridine rings is 1. The summed E-state index contributed by atoms with van der Waals surface area (Å²) in [5.74, 6) is 0.00140. The predicted molar refractivity (Wildman–Crippen MR) is 85.1 cm³/mol. The fourth-order valence-electron chi connectivity index (χ4n) is 2.43. The lowest BCUT2D eigenvalue weighted by Gasteiger charge is -2.17. The standard InChI is InChI=1S/C18H16N2O2/c1-11(2)12-4-3-5-13(8-12)20-16-9-17(21)14-6-7-19-10-15(14)18(16)22/h3-11,20H,1-2H3. The van der Waals surface area contributed by atoms with Gasteiger partial charge < -0.3 is 5.32 Å². The second kappa shape index (κ2) is 5.56. The number of ketones is 2. The lowest BCUT2D eigenvalue weighted by molar-refractivity contribution is 0.0985. The first-order chi connectivity index (χ1) is 10.6. The van der Waals surface area contributed by atoms with Crippen LogP contribution in [0.5, 0.6) is 0 Å². The SMILES string of the molecule is CC(C)c1cccc(NC2=CC(=O)c3ccncc3C2=O)c1. The number of fused-ring (bicyclic) bond motifs is 1. The molecule has 0 atom stereocenters. The van der Waals surface area contributed by atoms with Crippen LogP contribution in [0.3, 0.4) is 0 Å². The molecule has 110 valence electrons. The van der Waals surface area contributed by atoms with Gasteiger partial charge >= 0.3 is 0 Å². The minimum Gasteiger partial charge on any atom is -0.352 e. The first-order valence-corrected chi connectivity index (χ1v) is 7.18. The molecule has 0 aliphatic heterocycles. The van der Waals surface area contributed by atoms with Gasteiger partial charge in [-0.2, -0.15) is 0 Å². The van der Waals surface area contributed by atoms with Crippen LogP contribution in [0.2, 0.25) is 0 Å². The molecule has 0 spiro atoms. The van der Waals surface area contributed by atoms with E-state index < -0.39 is 0 Å². The summed E-state index contributed by atoms with van der Waals surface area (Å²) in [6.45, 7) is 4.21. The largest absolute Gasteiger partial charge is 0.352 e. The van der Waals surface area contributed by atoms with Crippen LogP contribution in [0.4, 0.5) is 5.69 Å². The second-order valence-corrected chi connectivity index (χ2v) is 5.58. The molecule has 0 amide bonds. The summed E-state index contributed by atoms with van der Waals surface area (Å²) < 4.78 is 0. The molecule has 0 radical (unpaired) electrons. The van der Waals surface area contributed by atoms with E-state index in [-0.39, 0.29) is 17.3 Å². The molecule has 4 nitrogen and oxygen atoms in total. The van der Waals surface area contributed by atoms with Crippen molar-refractivity contribution >= 4 is 17.3 Å². The van der Waals surface area contributed by atoms with Crippen molar-refractivity contribution in [3.63, 3.8) is 0 Å². The van der Waals surface area contributed by atoms with E-state index in [1.807, 2.05) is 24.3 Å². The minimum absolute atomic E-state index is 0.181. The fourth-order valence-corrected chi connectivity index (χ4v) is 2.43. The zero-order valence-electron chi connectivity index (χ0n) is 12.5. The number of hydrogen-bond donors (Lipinski definition) is 1. The second-order valence-electron chi connectivity index (χ2n) is 5.58. The molecule has 1 N–H and O–H groups in total. The number of nitrogens with zero attached hydrogens (tertiary/aromatic N) is 1. The lowest BCUT2D eigenvalue weighted by atomic mass is 9.94. The number of carbonyl (C=O) groups is 2. The van der Waals surface area contributed by atoms with Gasteiger partial charge in [0.05, 0.1) is 11.3 Å². The topological polar surface area (TPSA) is 59.1 Å². The number of allylic oxidation sites excluding steroid dienone is 2. The number of anilines is 1. The summed E-state index contributed by atoms with van der Waals surface area (Å²) in [5, 5.41) is 3.06. The summed E-state index contributed by atoms with van der Waals surface area (Å²) in [5.41, 5.74) is 3.00. The Morgan fingerprint density at radius 1 is 1.09 bits per heavy atom. The highest BCUT2D eigenvalue weighted by molar-refractivity contribution is 6.25. The molecule has 1 aliphatic carbocycles. The third-order valence-electron chi connectivity index (χ3n) is 3.68. The molecule has 3 rings (SSSR count).